The van der Waals surface area contributed by atoms with Gasteiger partial charge in [-0.05, 0) is 43.4 Å². The highest BCUT2D eigenvalue weighted by Crippen LogP contribution is 2.49. The summed E-state index contributed by atoms with van der Waals surface area (Å²) >= 11 is 0. The van der Waals surface area contributed by atoms with Gasteiger partial charge < -0.3 is 5.73 Å². The van der Waals surface area contributed by atoms with E-state index >= 15 is 0 Å². The van der Waals surface area contributed by atoms with Crippen molar-refractivity contribution in [3.05, 3.63) is 12.2 Å². The summed E-state index contributed by atoms with van der Waals surface area (Å²) in [6.45, 7) is 0. The van der Waals surface area contributed by atoms with E-state index in [-0.39, 0.29) is 6.04 Å². The van der Waals surface area contributed by atoms with Crippen molar-refractivity contribution >= 4 is 0 Å². The molecule has 94 valence electrons. The van der Waals surface area contributed by atoms with Crippen LogP contribution in [0, 0.1) is 17.8 Å². The SMILES string of the molecule is Cn1ncnc1CC(N)CC1CC2CCC1C2. The van der Waals surface area contributed by atoms with E-state index in [2.05, 4.69) is 10.1 Å². The molecule has 1 heterocycles. The molecule has 2 aliphatic carbocycles. The second kappa shape index (κ2) is 4.41. The maximum atomic E-state index is 6.26. The lowest BCUT2D eigenvalue weighted by Gasteiger charge is -2.24. The third-order valence-corrected chi connectivity index (χ3v) is 4.74. The number of rotatable bonds is 4. The molecule has 4 unspecified atom stereocenters. The normalized spacial score (nSPS) is 33.2. The topological polar surface area (TPSA) is 56.7 Å². The number of hydrogen-bond donors (Lipinski definition) is 1. The highest BCUT2D eigenvalue weighted by atomic mass is 15.3. The Kier molecular flexibility index (Phi) is 2.90. The molecule has 0 aliphatic heterocycles. The zero-order valence-electron chi connectivity index (χ0n) is 10.5. The molecule has 0 radical (unpaired) electrons. The summed E-state index contributed by atoms with van der Waals surface area (Å²) in [7, 11) is 1.94. The first-order valence-electron chi connectivity index (χ1n) is 6.81. The van der Waals surface area contributed by atoms with Crippen molar-refractivity contribution in [2.24, 2.45) is 30.5 Å². The molecule has 0 saturated heterocycles. The van der Waals surface area contributed by atoms with Crippen molar-refractivity contribution in [3.8, 4) is 0 Å². The van der Waals surface area contributed by atoms with Crippen molar-refractivity contribution in [3.63, 3.8) is 0 Å². The van der Waals surface area contributed by atoms with Crippen LogP contribution in [0.4, 0.5) is 0 Å². The van der Waals surface area contributed by atoms with E-state index in [0.29, 0.717) is 0 Å². The Balaban J connectivity index is 1.54. The van der Waals surface area contributed by atoms with Crippen molar-refractivity contribution in [1.82, 2.24) is 14.8 Å². The van der Waals surface area contributed by atoms with Gasteiger partial charge >= 0.3 is 0 Å². The summed E-state index contributed by atoms with van der Waals surface area (Å²) < 4.78 is 1.83. The lowest BCUT2D eigenvalue weighted by Crippen LogP contribution is -2.29. The fourth-order valence-electron chi connectivity index (χ4n) is 3.88. The van der Waals surface area contributed by atoms with Gasteiger partial charge in [-0.25, -0.2) is 4.98 Å². The van der Waals surface area contributed by atoms with Gasteiger partial charge in [-0.3, -0.25) is 4.68 Å². The fourth-order valence-corrected chi connectivity index (χ4v) is 3.88. The molecule has 0 amide bonds. The Bertz CT molecular complexity index is 387. The largest absolute Gasteiger partial charge is 0.327 e. The van der Waals surface area contributed by atoms with Crippen LogP contribution in [0.1, 0.15) is 37.9 Å². The van der Waals surface area contributed by atoms with Crippen molar-refractivity contribution in [1.29, 1.82) is 0 Å². The van der Waals surface area contributed by atoms with Gasteiger partial charge in [0.15, 0.2) is 0 Å². The van der Waals surface area contributed by atoms with Gasteiger partial charge in [0, 0.05) is 19.5 Å². The monoisotopic (exact) mass is 234 g/mol. The predicted molar refractivity (Wildman–Crippen MR) is 66.2 cm³/mol. The summed E-state index contributed by atoms with van der Waals surface area (Å²) in [6.07, 6.45) is 9.47. The minimum absolute atomic E-state index is 0.252. The average molecular weight is 234 g/mol. The first kappa shape index (κ1) is 11.2. The molecule has 1 aromatic heterocycles. The average Bonchev–Trinajstić information content (AvgIpc) is 2.96. The number of hydrogen-bond acceptors (Lipinski definition) is 3. The van der Waals surface area contributed by atoms with Crippen LogP contribution in [-0.4, -0.2) is 20.8 Å². The smallest absolute Gasteiger partial charge is 0.138 e. The maximum absolute atomic E-state index is 6.26. The molecule has 2 saturated carbocycles. The molecule has 2 bridgehead atoms. The predicted octanol–water partition coefficient (Wildman–Crippen LogP) is 1.51. The van der Waals surface area contributed by atoms with Crippen LogP contribution < -0.4 is 5.73 Å². The first-order chi connectivity index (χ1) is 8.22. The molecule has 4 nitrogen and oxygen atoms in total. The number of aromatic nitrogens is 3. The van der Waals surface area contributed by atoms with Crippen LogP contribution in [0.15, 0.2) is 6.33 Å². The van der Waals surface area contributed by atoms with Crippen LogP contribution in [0.5, 0.6) is 0 Å². The van der Waals surface area contributed by atoms with Crippen LogP contribution in [0.25, 0.3) is 0 Å². The summed E-state index contributed by atoms with van der Waals surface area (Å²) in [5.74, 6) is 3.90. The van der Waals surface area contributed by atoms with Gasteiger partial charge in [-0.15, -0.1) is 0 Å². The summed E-state index contributed by atoms with van der Waals surface area (Å²) in [5.41, 5.74) is 6.26. The molecule has 2 fully saturated rings. The number of nitrogens with zero attached hydrogens (tertiary/aromatic N) is 3. The zero-order chi connectivity index (χ0) is 11.8. The molecule has 17 heavy (non-hydrogen) atoms. The second-order valence-electron chi connectivity index (χ2n) is 5.93. The molecular formula is C13H22N4. The summed E-state index contributed by atoms with van der Waals surface area (Å²) in [4.78, 5) is 4.25. The zero-order valence-corrected chi connectivity index (χ0v) is 10.5. The molecule has 2 N–H and O–H groups in total. The van der Waals surface area contributed by atoms with E-state index < -0.39 is 0 Å². The second-order valence-corrected chi connectivity index (χ2v) is 5.93. The van der Waals surface area contributed by atoms with Gasteiger partial charge in [0.05, 0.1) is 0 Å². The van der Waals surface area contributed by atoms with Gasteiger partial charge in [-0.2, -0.15) is 5.10 Å². The quantitative estimate of drug-likeness (QED) is 0.859. The molecule has 4 atom stereocenters. The Morgan fingerprint density at radius 1 is 1.47 bits per heavy atom. The molecule has 0 aromatic carbocycles. The van der Waals surface area contributed by atoms with Crippen molar-refractivity contribution in [2.75, 3.05) is 0 Å². The molecule has 2 aliphatic rings. The Labute approximate surface area is 103 Å². The molecular weight excluding hydrogens is 212 g/mol. The lowest BCUT2D eigenvalue weighted by atomic mass is 9.84. The fraction of sp³-hybridized carbons (Fsp3) is 0.846. The molecule has 1 aromatic rings. The van der Waals surface area contributed by atoms with E-state index in [4.69, 9.17) is 5.73 Å². The summed E-state index contributed by atoms with van der Waals surface area (Å²) in [5, 5.41) is 4.09. The minimum atomic E-state index is 0.252. The van der Waals surface area contributed by atoms with E-state index in [9.17, 15) is 0 Å². The molecule has 0 spiro atoms. The van der Waals surface area contributed by atoms with Gasteiger partial charge in [-0.1, -0.05) is 6.42 Å². The van der Waals surface area contributed by atoms with Crippen LogP contribution in [0.2, 0.25) is 0 Å². The number of fused-ring (bicyclic) bond motifs is 2. The number of aryl methyl sites for hydroxylation is 1. The number of nitrogens with two attached hydrogens (primary N) is 1. The van der Waals surface area contributed by atoms with E-state index in [0.717, 1.165) is 30.0 Å². The summed E-state index contributed by atoms with van der Waals surface area (Å²) in [6, 6.07) is 0.252. The van der Waals surface area contributed by atoms with Crippen LogP contribution in [0.3, 0.4) is 0 Å². The highest BCUT2D eigenvalue weighted by Gasteiger charge is 2.39. The van der Waals surface area contributed by atoms with Crippen molar-refractivity contribution < 1.29 is 0 Å². The third kappa shape index (κ3) is 2.23. The van der Waals surface area contributed by atoms with Crippen molar-refractivity contribution in [2.45, 2.75) is 44.6 Å². The Hall–Kier alpha value is -0.900. The maximum Gasteiger partial charge on any atom is 0.138 e. The van der Waals surface area contributed by atoms with Crippen LogP contribution >= 0.6 is 0 Å². The lowest BCUT2D eigenvalue weighted by molar-refractivity contribution is 0.292. The van der Waals surface area contributed by atoms with Gasteiger partial charge in [0.2, 0.25) is 0 Å². The standard InChI is InChI=1S/C13H22N4/c1-17-13(15-8-16-17)7-12(14)6-11-5-9-2-3-10(11)4-9/h8-12H,2-7,14H2,1H3. The first-order valence-corrected chi connectivity index (χ1v) is 6.81. The van der Waals surface area contributed by atoms with Crippen LogP contribution in [-0.2, 0) is 13.5 Å². The van der Waals surface area contributed by atoms with Gasteiger partial charge in [0.25, 0.3) is 0 Å². The van der Waals surface area contributed by atoms with E-state index in [1.54, 1.807) is 6.33 Å². The third-order valence-electron chi connectivity index (χ3n) is 4.74. The van der Waals surface area contributed by atoms with E-state index in [1.165, 1.54) is 32.1 Å². The highest BCUT2D eigenvalue weighted by molar-refractivity contribution is 4.94. The molecule has 4 heteroatoms. The van der Waals surface area contributed by atoms with E-state index in [1.807, 2.05) is 11.7 Å². The Morgan fingerprint density at radius 3 is 2.94 bits per heavy atom. The Morgan fingerprint density at radius 2 is 2.35 bits per heavy atom. The molecule has 3 rings (SSSR count). The minimum Gasteiger partial charge on any atom is -0.327 e. The van der Waals surface area contributed by atoms with Gasteiger partial charge in [0.1, 0.15) is 12.2 Å².